The molecular formula is C20H21NO4S. The maximum absolute atomic E-state index is 12.4. The van der Waals surface area contributed by atoms with Crippen LogP contribution in [0, 0.1) is 0 Å². The molecule has 2 aliphatic rings. The summed E-state index contributed by atoms with van der Waals surface area (Å²) in [6.07, 6.45) is 2.44. The smallest absolute Gasteiger partial charge is 0.231 e. The van der Waals surface area contributed by atoms with Crippen LogP contribution in [-0.2, 0) is 4.79 Å². The van der Waals surface area contributed by atoms with Crippen molar-refractivity contribution in [3.8, 4) is 11.5 Å². The van der Waals surface area contributed by atoms with E-state index in [4.69, 9.17) is 9.47 Å². The summed E-state index contributed by atoms with van der Waals surface area (Å²) in [7, 11) is 0. The molecule has 1 amide bonds. The Hall–Kier alpha value is -2.34. The summed E-state index contributed by atoms with van der Waals surface area (Å²) in [5.41, 5.74) is 1.19. The van der Waals surface area contributed by atoms with Gasteiger partial charge in [-0.25, -0.2) is 0 Å². The van der Waals surface area contributed by atoms with Crippen molar-refractivity contribution in [3.63, 3.8) is 0 Å². The number of ether oxygens (including phenoxy) is 2. The Morgan fingerprint density at radius 2 is 2.04 bits per heavy atom. The Kier molecular flexibility index (Phi) is 4.93. The van der Waals surface area contributed by atoms with Crippen LogP contribution < -0.4 is 9.47 Å². The second kappa shape index (κ2) is 7.50. The summed E-state index contributed by atoms with van der Waals surface area (Å²) in [6.45, 7) is 1.78. The number of amides is 1. The second-order valence-electron chi connectivity index (χ2n) is 6.69. The van der Waals surface area contributed by atoms with Crippen LogP contribution in [0.25, 0.3) is 0 Å². The average Bonchev–Trinajstić information content (AvgIpc) is 3.41. The molecule has 26 heavy (non-hydrogen) atoms. The van der Waals surface area contributed by atoms with Gasteiger partial charge in [-0.2, -0.15) is 0 Å². The van der Waals surface area contributed by atoms with Gasteiger partial charge in [-0.1, -0.05) is 12.1 Å². The zero-order chi connectivity index (χ0) is 17.9. The Morgan fingerprint density at radius 1 is 1.15 bits per heavy atom. The van der Waals surface area contributed by atoms with Gasteiger partial charge < -0.3 is 14.4 Å². The molecule has 1 aromatic heterocycles. The van der Waals surface area contributed by atoms with E-state index in [1.807, 2.05) is 34.5 Å². The van der Waals surface area contributed by atoms with Crippen molar-refractivity contribution in [2.45, 2.75) is 31.6 Å². The lowest BCUT2D eigenvalue weighted by atomic mass is 9.98. The van der Waals surface area contributed by atoms with Crippen LogP contribution in [0.2, 0.25) is 0 Å². The molecule has 0 radical (unpaired) electrons. The summed E-state index contributed by atoms with van der Waals surface area (Å²) >= 11 is 1.46. The Bertz CT molecular complexity index is 802. The van der Waals surface area contributed by atoms with Crippen molar-refractivity contribution in [2.75, 3.05) is 19.9 Å². The van der Waals surface area contributed by atoms with E-state index < -0.39 is 0 Å². The molecule has 6 heteroatoms. The van der Waals surface area contributed by atoms with E-state index in [2.05, 4.69) is 6.07 Å². The minimum atomic E-state index is 0.132. The van der Waals surface area contributed by atoms with E-state index in [1.54, 1.807) is 0 Å². The number of rotatable bonds is 6. The Labute approximate surface area is 156 Å². The van der Waals surface area contributed by atoms with E-state index in [0.717, 1.165) is 35.9 Å². The van der Waals surface area contributed by atoms with Gasteiger partial charge in [0.15, 0.2) is 17.3 Å². The van der Waals surface area contributed by atoms with Crippen molar-refractivity contribution in [1.29, 1.82) is 0 Å². The lowest BCUT2D eigenvalue weighted by molar-refractivity contribution is -0.130. The number of fused-ring (bicyclic) bond motifs is 1. The molecule has 2 aromatic rings. The van der Waals surface area contributed by atoms with Crippen LogP contribution in [0.1, 0.15) is 46.8 Å². The highest BCUT2D eigenvalue weighted by Gasteiger charge is 2.28. The molecule has 0 bridgehead atoms. The SMILES string of the molecule is O=C(CCCC(=O)N1CCC(c2ccc3c(c2)OCO3)C1)c1cccs1. The Morgan fingerprint density at radius 3 is 2.88 bits per heavy atom. The third-order valence-electron chi connectivity index (χ3n) is 5.00. The number of Topliss-reactive ketones (excluding diaryl/α,β-unsaturated/α-hetero) is 1. The number of thiophene rings is 1. The highest BCUT2D eigenvalue weighted by atomic mass is 32.1. The van der Waals surface area contributed by atoms with Crippen LogP contribution in [0.15, 0.2) is 35.7 Å². The van der Waals surface area contributed by atoms with Gasteiger partial charge in [-0.15, -0.1) is 11.3 Å². The van der Waals surface area contributed by atoms with Crippen LogP contribution >= 0.6 is 11.3 Å². The topological polar surface area (TPSA) is 55.8 Å². The van der Waals surface area contributed by atoms with E-state index >= 15 is 0 Å². The maximum atomic E-state index is 12.4. The van der Waals surface area contributed by atoms with Gasteiger partial charge in [0.05, 0.1) is 4.88 Å². The summed E-state index contributed by atoms with van der Waals surface area (Å²) in [6, 6.07) is 9.75. The number of hydrogen-bond donors (Lipinski definition) is 0. The number of nitrogens with zero attached hydrogens (tertiary/aromatic N) is 1. The zero-order valence-electron chi connectivity index (χ0n) is 14.5. The molecule has 3 heterocycles. The molecule has 136 valence electrons. The van der Waals surface area contributed by atoms with Gasteiger partial charge in [0.25, 0.3) is 0 Å². The minimum Gasteiger partial charge on any atom is -0.454 e. The molecular weight excluding hydrogens is 350 g/mol. The average molecular weight is 371 g/mol. The third-order valence-corrected chi connectivity index (χ3v) is 5.91. The number of hydrogen-bond acceptors (Lipinski definition) is 5. The number of carbonyl (C=O) groups is 2. The molecule has 0 N–H and O–H groups in total. The molecule has 1 atom stereocenters. The number of ketones is 1. The van der Waals surface area contributed by atoms with E-state index in [0.29, 0.717) is 25.2 Å². The van der Waals surface area contributed by atoms with Crippen LogP contribution in [0.5, 0.6) is 11.5 Å². The lowest BCUT2D eigenvalue weighted by Gasteiger charge is -2.17. The molecule has 1 saturated heterocycles. The van der Waals surface area contributed by atoms with Gasteiger partial charge in [0, 0.05) is 31.8 Å². The zero-order valence-corrected chi connectivity index (χ0v) is 15.3. The predicted molar refractivity (Wildman–Crippen MR) is 99.0 cm³/mol. The van der Waals surface area contributed by atoms with E-state index in [1.165, 1.54) is 16.9 Å². The monoisotopic (exact) mass is 371 g/mol. The minimum absolute atomic E-state index is 0.132. The number of benzene rings is 1. The maximum Gasteiger partial charge on any atom is 0.231 e. The second-order valence-corrected chi connectivity index (χ2v) is 7.64. The molecule has 1 aromatic carbocycles. The number of likely N-dealkylation sites (tertiary alicyclic amines) is 1. The largest absolute Gasteiger partial charge is 0.454 e. The quantitative estimate of drug-likeness (QED) is 0.724. The first-order valence-corrected chi connectivity index (χ1v) is 9.83. The van der Waals surface area contributed by atoms with Crippen LogP contribution in [-0.4, -0.2) is 36.5 Å². The first kappa shape index (κ1) is 17.1. The third kappa shape index (κ3) is 3.60. The van der Waals surface area contributed by atoms with Crippen LogP contribution in [0.3, 0.4) is 0 Å². The van der Waals surface area contributed by atoms with E-state index in [-0.39, 0.29) is 18.5 Å². The molecule has 2 aliphatic heterocycles. The van der Waals surface area contributed by atoms with Gasteiger partial charge in [-0.05, 0) is 42.0 Å². The fourth-order valence-corrected chi connectivity index (χ4v) is 4.24. The normalized spacial score (nSPS) is 18.3. The molecule has 4 rings (SSSR count). The highest BCUT2D eigenvalue weighted by molar-refractivity contribution is 7.12. The summed E-state index contributed by atoms with van der Waals surface area (Å²) in [4.78, 5) is 27.2. The summed E-state index contributed by atoms with van der Waals surface area (Å²) in [5.74, 6) is 2.19. The molecule has 5 nitrogen and oxygen atoms in total. The highest BCUT2D eigenvalue weighted by Crippen LogP contribution is 2.37. The van der Waals surface area contributed by atoms with Crippen molar-refractivity contribution in [3.05, 3.63) is 46.2 Å². The molecule has 0 spiro atoms. The van der Waals surface area contributed by atoms with Gasteiger partial charge in [0.2, 0.25) is 12.7 Å². The number of carbonyl (C=O) groups excluding carboxylic acids is 2. The van der Waals surface area contributed by atoms with Crippen molar-refractivity contribution in [1.82, 2.24) is 4.90 Å². The standard InChI is InChI=1S/C20H21NO4S/c22-16(19-4-2-10-26-19)3-1-5-20(23)21-9-8-15(12-21)14-6-7-17-18(11-14)25-13-24-17/h2,4,6-7,10-11,15H,1,3,5,8-9,12-13H2. The molecule has 0 saturated carbocycles. The molecule has 0 aliphatic carbocycles. The van der Waals surface area contributed by atoms with Crippen molar-refractivity contribution < 1.29 is 19.1 Å². The van der Waals surface area contributed by atoms with Gasteiger partial charge in [0.1, 0.15) is 0 Å². The van der Waals surface area contributed by atoms with E-state index in [9.17, 15) is 9.59 Å². The fourth-order valence-electron chi connectivity index (χ4n) is 3.54. The van der Waals surface area contributed by atoms with Crippen molar-refractivity contribution >= 4 is 23.0 Å². The summed E-state index contributed by atoms with van der Waals surface area (Å²) in [5, 5.41) is 1.90. The molecule has 1 fully saturated rings. The van der Waals surface area contributed by atoms with Crippen molar-refractivity contribution in [2.24, 2.45) is 0 Å². The lowest BCUT2D eigenvalue weighted by Crippen LogP contribution is -2.28. The Balaban J connectivity index is 1.27. The first-order chi connectivity index (χ1) is 12.7. The predicted octanol–water partition coefficient (Wildman–Crippen LogP) is 3.85. The van der Waals surface area contributed by atoms with Gasteiger partial charge in [-0.3, -0.25) is 9.59 Å². The first-order valence-electron chi connectivity index (χ1n) is 8.95. The van der Waals surface area contributed by atoms with Crippen LogP contribution in [0.4, 0.5) is 0 Å². The molecule has 1 unspecified atom stereocenters. The fraction of sp³-hybridized carbons (Fsp3) is 0.400. The van der Waals surface area contributed by atoms with Gasteiger partial charge >= 0.3 is 0 Å². The summed E-state index contributed by atoms with van der Waals surface area (Å²) < 4.78 is 10.8.